The van der Waals surface area contributed by atoms with E-state index in [0.29, 0.717) is 17.4 Å². The molecule has 0 aromatic carbocycles. The number of hydrogen-bond acceptors (Lipinski definition) is 6. The molecular formula is C39H75N2O6P. The lowest BCUT2D eigenvalue weighted by Crippen LogP contribution is -2.45. The van der Waals surface area contributed by atoms with Crippen LogP contribution in [0, 0.1) is 0 Å². The summed E-state index contributed by atoms with van der Waals surface area (Å²) in [7, 11) is 1.23. The maximum atomic E-state index is 12.8. The lowest BCUT2D eigenvalue weighted by atomic mass is 10.0. The zero-order valence-corrected chi connectivity index (χ0v) is 32.6. The molecule has 0 aliphatic carbocycles. The first kappa shape index (κ1) is 46.7. The number of phosphoric acid groups is 1. The maximum Gasteiger partial charge on any atom is 0.268 e. The van der Waals surface area contributed by atoms with Crippen LogP contribution in [0.25, 0.3) is 0 Å². The van der Waals surface area contributed by atoms with Crippen molar-refractivity contribution in [1.29, 1.82) is 0 Å². The summed E-state index contributed by atoms with van der Waals surface area (Å²) in [6.45, 7) is 4.56. The Bertz CT molecular complexity index is 886. The average Bonchev–Trinajstić information content (AvgIpc) is 3.02. The fourth-order valence-electron chi connectivity index (χ4n) is 5.18. The number of carbonyl (C=O) groups is 1. The Morgan fingerprint density at radius 1 is 0.708 bits per heavy atom. The molecule has 0 rings (SSSR count). The highest BCUT2D eigenvalue weighted by Crippen LogP contribution is 2.38. The van der Waals surface area contributed by atoms with Crippen molar-refractivity contribution in [1.82, 2.24) is 5.32 Å². The molecule has 48 heavy (non-hydrogen) atoms. The van der Waals surface area contributed by atoms with Crippen molar-refractivity contribution in [2.24, 2.45) is 0 Å². The van der Waals surface area contributed by atoms with Crippen LogP contribution in [0.3, 0.4) is 0 Å². The monoisotopic (exact) mass is 699 g/mol. The number of nitrogens with zero attached hydrogens (tertiary/aromatic N) is 1. The highest BCUT2D eigenvalue weighted by molar-refractivity contribution is 7.45. The zero-order valence-electron chi connectivity index (χ0n) is 31.7. The number of allylic oxidation sites excluding steroid dienone is 5. The second-order valence-corrected chi connectivity index (χ2v) is 15.7. The van der Waals surface area contributed by atoms with E-state index < -0.39 is 26.6 Å². The number of aliphatic hydroxyl groups is 1. The van der Waals surface area contributed by atoms with Crippen LogP contribution < -0.4 is 10.2 Å². The van der Waals surface area contributed by atoms with Gasteiger partial charge in [-0.2, -0.15) is 0 Å². The van der Waals surface area contributed by atoms with Crippen LogP contribution in [0.1, 0.15) is 155 Å². The number of rotatable bonds is 34. The highest BCUT2D eigenvalue weighted by Gasteiger charge is 2.23. The van der Waals surface area contributed by atoms with Gasteiger partial charge in [-0.3, -0.25) is 9.36 Å². The molecular weight excluding hydrogens is 623 g/mol. The van der Waals surface area contributed by atoms with E-state index in [2.05, 4.69) is 43.5 Å². The molecule has 0 radical (unpaired) electrons. The average molecular weight is 699 g/mol. The van der Waals surface area contributed by atoms with Gasteiger partial charge in [0.05, 0.1) is 39.9 Å². The number of phosphoric ester groups is 1. The Hall–Kier alpha value is -1.28. The topological polar surface area (TPSA) is 108 Å². The van der Waals surface area contributed by atoms with Crippen LogP contribution in [0.2, 0.25) is 0 Å². The molecule has 3 atom stereocenters. The van der Waals surface area contributed by atoms with E-state index in [1.165, 1.54) is 83.5 Å². The molecule has 0 saturated heterocycles. The normalized spacial score (nSPS) is 15.1. The predicted molar refractivity (Wildman–Crippen MR) is 201 cm³/mol. The first-order chi connectivity index (χ1) is 23.0. The van der Waals surface area contributed by atoms with Gasteiger partial charge in [-0.25, -0.2) is 0 Å². The molecule has 282 valence electrons. The Balaban J connectivity index is 4.61. The van der Waals surface area contributed by atoms with Crippen molar-refractivity contribution in [3.05, 3.63) is 36.5 Å². The van der Waals surface area contributed by atoms with Crippen molar-refractivity contribution < 1.29 is 32.9 Å². The third-order valence-corrected chi connectivity index (χ3v) is 9.29. The molecule has 0 aromatic heterocycles. The van der Waals surface area contributed by atoms with Gasteiger partial charge in [0.15, 0.2) is 0 Å². The van der Waals surface area contributed by atoms with Crippen LogP contribution in [0.5, 0.6) is 0 Å². The number of hydrogen-bond donors (Lipinski definition) is 2. The van der Waals surface area contributed by atoms with Gasteiger partial charge in [0.1, 0.15) is 13.2 Å². The largest absolute Gasteiger partial charge is 0.756 e. The smallest absolute Gasteiger partial charge is 0.268 e. The molecule has 2 N–H and O–H groups in total. The second-order valence-electron chi connectivity index (χ2n) is 14.3. The van der Waals surface area contributed by atoms with Crippen molar-refractivity contribution in [3.63, 3.8) is 0 Å². The van der Waals surface area contributed by atoms with E-state index >= 15 is 0 Å². The quantitative estimate of drug-likeness (QED) is 0.0300. The van der Waals surface area contributed by atoms with Gasteiger partial charge in [-0.15, -0.1) is 0 Å². The summed E-state index contributed by atoms with van der Waals surface area (Å²) >= 11 is 0. The van der Waals surface area contributed by atoms with E-state index in [9.17, 15) is 19.4 Å². The summed E-state index contributed by atoms with van der Waals surface area (Å²) in [5.41, 5.74) is 0. The zero-order chi connectivity index (χ0) is 35.8. The lowest BCUT2D eigenvalue weighted by Gasteiger charge is -2.29. The van der Waals surface area contributed by atoms with Crippen LogP contribution in [-0.2, 0) is 18.4 Å². The van der Waals surface area contributed by atoms with Crippen molar-refractivity contribution in [2.75, 3.05) is 40.9 Å². The Labute approximate surface area is 296 Å². The van der Waals surface area contributed by atoms with E-state index in [4.69, 9.17) is 9.05 Å². The molecule has 0 aliphatic heterocycles. The molecule has 8 nitrogen and oxygen atoms in total. The molecule has 0 saturated carbocycles. The van der Waals surface area contributed by atoms with Crippen LogP contribution in [0.4, 0.5) is 0 Å². The second kappa shape index (κ2) is 31.7. The third kappa shape index (κ3) is 33.2. The number of aliphatic hydroxyl groups excluding tert-OH is 1. The van der Waals surface area contributed by atoms with Gasteiger partial charge < -0.3 is 28.8 Å². The summed E-state index contributed by atoms with van der Waals surface area (Å²) in [5.74, 6) is -0.215. The SMILES string of the molecule is CCCCC/C=C/CC/C=C/CC/C=C/C(O)C(COP(=O)([O-])OCC[N+](C)(C)C)NC(=O)CCCCCCCCCCCCCCC. The minimum absolute atomic E-state index is 0.00836. The molecule has 1 amide bonds. The van der Waals surface area contributed by atoms with Crippen molar-refractivity contribution in [2.45, 2.75) is 167 Å². The van der Waals surface area contributed by atoms with Crippen LogP contribution in [0.15, 0.2) is 36.5 Å². The Morgan fingerprint density at radius 3 is 1.69 bits per heavy atom. The standard InChI is InChI=1S/C39H75N2O6P/c1-6-8-10-12-14-16-18-20-22-24-26-28-30-32-38(42)37(36-47-48(44,45)46-35-34-41(3,4)5)40-39(43)33-31-29-27-25-23-21-19-17-15-13-11-9-7-2/h14,16,22,24,30,32,37-38,42H,6-13,15,17-21,23,25-29,31,33-36H2,1-5H3,(H-,40,43,44,45)/b16-14+,24-22+,32-30+. The van der Waals surface area contributed by atoms with Gasteiger partial charge in [0.2, 0.25) is 5.91 Å². The number of nitrogens with one attached hydrogen (secondary N) is 1. The number of carbonyl (C=O) groups excluding carboxylic acids is 1. The van der Waals surface area contributed by atoms with Crippen LogP contribution in [-0.4, -0.2) is 68.5 Å². The van der Waals surface area contributed by atoms with Crippen molar-refractivity contribution >= 4 is 13.7 Å². The minimum Gasteiger partial charge on any atom is -0.756 e. The Kier molecular flexibility index (Phi) is 30.8. The van der Waals surface area contributed by atoms with Gasteiger partial charge >= 0.3 is 0 Å². The van der Waals surface area contributed by atoms with Gasteiger partial charge in [0, 0.05) is 6.42 Å². The van der Waals surface area contributed by atoms with E-state index in [1.54, 1.807) is 6.08 Å². The molecule has 0 aromatic rings. The molecule has 0 fully saturated rings. The molecule has 0 heterocycles. The van der Waals surface area contributed by atoms with Gasteiger partial charge in [0.25, 0.3) is 7.82 Å². The summed E-state index contributed by atoms with van der Waals surface area (Å²) < 4.78 is 23.1. The molecule has 0 bridgehead atoms. The first-order valence-corrected chi connectivity index (χ1v) is 20.8. The number of likely N-dealkylation sites (N-methyl/N-ethyl adjacent to an activating group) is 1. The lowest BCUT2D eigenvalue weighted by molar-refractivity contribution is -0.870. The summed E-state index contributed by atoms with van der Waals surface area (Å²) in [6, 6.07) is -0.903. The third-order valence-electron chi connectivity index (χ3n) is 8.33. The Morgan fingerprint density at radius 2 is 1.17 bits per heavy atom. The number of amides is 1. The molecule has 0 spiro atoms. The van der Waals surface area contributed by atoms with E-state index in [1.807, 2.05) is 27.2 Å². The highest BCUT2D eigenvalue weighted by atomic mass is 31.2. The van der Waals surface area contributed by atoms with Gasteiger partial charge in [-0.1, -0.05) is 140 Å². The fraction of sp³-hybridized carbons (Fsp3) is 0.821. The first-order valence-electron chi connectivity index (χ1n) is 19.4. The molecule has 9 heteroatoms. The summed E-state index contributed by atoms with van der Waals surface area (Å²) in [6.07, 6.45) is 36.1. The molecule has 3 unspecified atom stereocenters. The van der Waals surface area contributed by atoms with E-state index in [-0.39, 0.29) is 12.5 Å². The minimum atomic E-state index is -4.59. The van der Waals surface area contributed by atoms with Crippen LogP contribution >= 0.6 is 7.82 Å². The number of quaternary nitrogens is 1. The number of unbranched alkanes of at least 4 members (excludes halogenated alkanes) is 17. The fourth-order valence-corrected chi connectivity index (χ4v) is 5.90. The van der Waals surface area contributed by atoms with Crippen molar-refractivity contribution in [3.8, 4) is 0 Å². The van der Waals surface area contributed by atoms with Gasteiger partial charge in [-0.05, 0) is 44.9 Å². The van der Waals surface area contributed by atoms with E-state index in [0.717, 1.165) is 51.4 Å². The summed E-state index contributed by atoms with van der Waals surface area (Å²) in [5, 5.41) is 13.7. The maximum absolute atomic E-state index is 12.8. The molecule has 0 aliphatic rings. The predicted octanol–water partition coefficient (Wildman–Crippen LogP) is 9.33. The summed E-state index contributed by atoms with van der Waals surface area (Å²) in [4.78, 5) is 25.1.